The molecule has 3 N–H and O–H groups in total. The number of carboxylic acids is 1. The van der Waals surface area contributed by atoms with Crippen molar-refractivity contribution >= 4 is 23.6 Å². The smallest absolute Gasteiger partial charge is 0.326 e. The molecule has 0 aromatic heterocycles. The van der Waals surface area contributed by atoms with Gasteiger partial charge in [-0.15, -0.1) is 11.8 Å². The number of carbonyl (C=O) groups excluding carboxylic acids is 1. The van der Waals surface area contributed by atoms with Crippen molar-refractivity contribution in [3.8, 4) is 0 Å². The van der Waals surface area contributed by atoms with Crippen LogP contribution in [0.5, 0.6) is 0 Å². The lowest BCUT2D eigenvalue weighted by atomic mass is 10.0. The van der Waals surface area contributed by atoms with Crippen molar-refractivity contribution in [3.63, 3.8) is 0 Å². The van der Waals surface area contributed by atoms with Crippen LogP contribution in [0.4, 0.5) is 0 Å². The molecule has 108 valence electrons. The highest BCUT2D eigenvalue weighted by Crippen LogP contribution is 2.10. The third kappa shape index (κ3) is 4.25. The molecule has 1 aliphatic rings. The Kier molecular flexibility index (Phi) is 5.43. The molecule has 2 rings (SSSR count). The van der Waals surface area contributed by atoms with Crippen LogP contribution in [0.15, 0.2) is 30.3 Å². The van der Waals surface area contributed by atoms with Crippen molar-refractivity contribution in [2.24, 2.45) is 0 Å². The van der Waals surface area contributed by atoms with E-state index in [-0.39, 0.29) is 11.9 Å². The average molecular weight is 294 g/mol. The first kappa shape index (κ1) is 14.9. The van der Waals surface area contributed by atoms with Gasteiger partial charge in [-0.1, -0.05) is 30.3 Å². The Morgan fingerprint density at radius 3 is 2.75 bits per heavy atom. The fourth-order valence-corrected chi connectivity index (χ4v) is 2.99. The number of amides is 1. The zero-order valence-electron chi connectivity index (χ0n) is 11.0. The summed E-state index contributed by atoms with van der Waals surface area (Å²) in [5, 5.41) is 14.8. The average Bonchev–Trinajstić information content (AvgIpc) is 2.98. The SMILES string of the molecule is O=C(O)C(CCc1ccccc1)NC(=O)C1CSCN1. The molecule has 0 spiro atoms. The summed E-state index contributed by atoms with van der Waals surface area (Å²) in [6, 6.07) is 8.55. The number of carboxylic acid groups (broad SMARTS) is 1. The molecule has 1 aromatic carbocycles. The van der Waals surface area contributed by atoms with Gasteiger partial charge in [0.2, 0.25) is 5.91 Å². The second kappa shape index (κ2) is 7.31. The van der Waals surface area contributed by atoms with E-state index in [4.69, 9.17) is 0 Å². The highest BCUT2D eigenvalue weighted by Gasteiger charge is 2.27. The Morgan fingerprint density at radius 1 is 1.40 bits per heavy atom. The molecular formula is C14H18N2O3S. The molecule has 0 saturated carbocycles. The number of nitrogens with one attached hydrogen (secondary N) is 2. The van der Waals surface area contributed by atoms with E-state index in [0.717, 1.165) is 11.4 Å². The molecule has 2 unspecified atom stereocenters. The number of hydrogen-bond donors (Lipinski definition) is 3. The van der Waals surface area contributed by atoms with Gasteiger partial charge in [0.15, 0.2) is 0 Å². The van der Waals surface area contributed by atoms with E-state index in [2.05, 4.69) is 10.6 Å². The number of rotatable bonds is 6. The van der Waals surface area contributed by atoms with Gasteiger partial charge in [-0.25, -0.2) is 4.79 Å². The quantitative estimate of drug-likeness (QED) is 0.725. The number of benzene rings is 1. The second-order valence-corrected chi connectivity index (χ2v) is 5.73. The maximum Gasteiger partial charge on any atom is 0.326 e. The Morgan fingerprint density at radius 2 is 2.15 bits per heavy atom. The minimum atomic E-state index is -0.986. The normalized spacial score (nSPS) is 19.5. The molecule has 5 nitrogen and oxygen atoms in total. The van der Waals surface area contributed by atoms with Gasteiger partial charge in [0.05, 0.1) is 6.04 Å². The first-order chi connectivity index (χ1) is 9.66. The Bertz CT molecular complexity index is 461. The van der Waals surface area contributed by atoms with E-state index in [1.807, 2.05) is 30.3 Å². The van der Waals surface area contributed by atoms with E-state index >= 15 is 0 Å². The Balaban J connectivity index is 1.87. The number of thioether (sulfide) groups is 1. The molecule has 1 amide bonds. The predicted molar refractivity (Wildman–Crippen MR) is 78.6 cm³/mol. The minimum absolute atomic E-state index is 0.226. The van der Waals surface area contributed by atoms with Gasteiger partial charge in [-0.05, 0) is 18.4 Å². The van der Waals surface area contributed by atoms with Crippen LogP contribution in [0.25, 0.3) is 0 Å². The van der Waals surface area contributed by atoms with E-state index in [9.17, 15) is 14.7 Å². The van der Waals surface area contributed by atoms with Gasteiger partial charge >= 0.3 is 5.97 Å². The second-order valence-electron chi connectivity index (χ2n) is 4.70. The van der Waals surface area contributed by atoms with Gasteiger partial charge in [0.25, 0.3) is 0 Å². The summed E-state index contributed by atoms with van der Waals surface area (Å²) < 4.78 is 0. The van der Waals surface area contributed by atoms with Crippen LogP contribution in [0.3, 0.4) is 0 Å². The summed E-state index contributed by atoms with van der Waals surface area (Å²) in [7, 11) is 0. The molecule has 0 radical (unpaired) electrons. The van der Waals surface area contributed by atoms with Crippen molar-refractivity contribution in [1.82, 2.24) is 10.6 Å². The fraction of sp³-hybridized carbons (Fsp3) is 0.429. The molecule has 0 bridgehead atoms. The number of aryl methyl sites for hydroxylation is 1. The maximum absolute atomic E-state index is 11.9. The van der Waals surface area contributed by atoms with E-state index < -0.39 is 12.0 Å². The maximum atomic E-state index is 11.9. The molecule has 6 heteroatoms. The Labute approximate surface area is 122 Å². The third-order valence-corrected chi connectivity index (χ3v) is 4.15. The van der Waals surface area contributed by atoms with Crippen molar-refractivity contribution in [1.29, 1.82) is 0 Å². The highest BCUT2D eigenvalue weighted by atomic mass is 32.2. The molecule has 1 saturated heterocycles. The van der Waals surface area contributed by atoms with Crippen LogP contribution in [0, 0.1) is 0 Å². The standard InChI is InChI=1S/C14H18N2O3S/c17-13(12-8-20-9-15-12)16-11(14(18)19)7-6-10-4-2-1-3-5-10/h1-5,11-12,15H,6-9H2,(H,16,17)(H,18,19). The summed E-state index contributed by atoms with van der Waals surface area (Å²) in [5.41, 5.74) is 1.07. The molecule has 20 heavy (non-hydrogen) atoms. The van der Waals surface area contributed by atoms with Crippen molar-refractivity contribution in [3.05, 3.63) is 35.9 Å². The molecule has 1 aliphatic heterocycles. The highest BCUT2D eigenvalue weighted by molar-refractivity contribution is 7.99. The van der Waals surface area contributed by atoms with Gasteiger partial charge in [0.1, 0.15) is 6.04 Å². The lowest BCUT2D eigenvalue weighted by Gasteiger charge is -2.17. The van der Waals surface area contributed by atoms with Crippen LogP contribution in [-0.2, 0) is 16.0 Å². The largest absolute Gasteiger partial charge is 0.480 e. The summed E-state index contributed by atoms with van der Waals surface area (Å²) >= 11 is 1.64. The first-order valence-electron chi connectivity index (χ1n) is 6.55. The fourth-order valence-electron chi connectivity index (χ4n) is 2.05. The van der Waals surface area contributed by atoms with Crippen molar-refractivity contribution in [2.45, 2.75) is 24.9 Å². The molecule has 2 atom stereocenters. The van der Waals surface area contributed by atoms with E-state index in [1.165, 1.54) is 0 Å². The minimum Gasteiger partial charge on any atom is -0.480 e. The van der Waals surface area contributed by atoms with Crippen LogP contribution >= 0.6 is 11.8 Å². The lowest BCUT2D eigenvalue weighted by molar-refractivity contribution is -0.142. The molecule has 1 heterocycles. The van der Waals surface area contributed by atoms with Crippen molar-refractivity contribution in [2.75, 3.05) is 11.6 Å². The predicted octanol–water partition coefficient (Wildman–Crippen LogP) is 0.851. The Hall–Kier alpha value is -1.53. The zero-order valence-corrected chi connectivity index (χ0v) is 11.9. The summed E-state index contributed by atoms with van der Waals surface area (Å²) in [5.74, 6) is 0.215. The van der Waals surface area contributed by atoms with Gasteiger partial charge < -0.3 is 10.4 Å². The van der Waals surface area contributed by atoms with E-state index in [0.29, 0.717) is 18.6 Å². The first-order valence-corrected chi connectivity index (χ1v) is 7.70. The summed E-state index contributed by atoms with van der Waals surface area (Å²) in [4.78, 5) is 23.2. The van der Waals surface area contributed by atoms with Crippen LogP contribution in [0.2, 0.25) is 0 Å². The topological polar surface area (TPSA) is 78.4 Å². The van der Waals surface area contributed by atoms with Crippen molar-refractivity contribution < 1.29 is 14.7 Å². The number of carbonyl (C=O) groups is 2. The molecule has 0 aliphatic carbocycles. The zero-order chi connectivity index (χ0) is 14.4. The summed E-state index contributed by atoms with van der Waals surface area (Å²) in [6.07, 6.45) is 1.02. The van der Waals surface area contributed by atoms with Gasteiger partial charge in [-0.3, -0.25) is 10.1 Å². The molecule has 1 aromatic rings. The third-order valence-electron chi connectivity index (χ3n) is 3.21. The van der Waals surface area contributed by atoms with Crippen LogP contribution in [-0.4, -0.2) is 40.7 Å². The van der Waals surface area contributed by atoms with Gasteiger partial charge in [-0.2, -0.15) is 0 Å². The molecule has 1 fully saturated rings. The van der Waals surface area contributed by atoms with Crippen LogP contribution < -0.4 is 10.6 Å². The number of aliphatic carboxylic acids is 1. The lowest BCUT2D eigenvalue weighted by Crippen LogP contribution is -2.49. The summed E-state index contributed by atoms with van der Waals surface area (Å²) in [6.45, 7) is 0. The monoisotopic (exact) mass is 294 g/mol. The van der Waals surface area contributed by atoms with Crippen LogP contribution in [0.1, 0.15) is 12.0 Å². The van der Waals surface area contributed by atoms with E-state index in [1.54, 1.807) is 11.8 Å². The van der Waals surface area contributed by atoms with Gasteiger partial charge in [0, 0.05) is 11.6 Å². The number of hydrogen-bond acceptors (Lipinski definition) is 4. The molecular weight excluding hydrogens is 276 g/mol.